The lowest BCUT2D eigenvalue weighted by molar-refractivity contribution is -0.116. The molecule has 2 aromatic rings. The largest absolute Gasteiger partial charge is 0.495 e. The van der Waals surface area contributed by atoms with Gasteiger partial charge in [0.1, 0.15) is 5.75 Å². The van der Waals surface area contributed by atoms with Gasteiger partial charge in [0.2, 0.25) is 0 Å². The molecule has 0 radical (unpaired) electrons. The smallest absolute Gasteiger partial charge is 0.260 e. The second-order valence-electron chi connectivity index (χ2n) is 6.04. The van der Waals surface area contributed by atoms with E-state index in [-0.39, 0.29) is 11.4 Å². The first kappa shape index (κ1) is 21.2. The van der Waals surface area contributed by atoms with E-state index in [1.54, 1.807) is 25.3 Å². The van der Waals surface area contributed by atoms with Crippen molar-refractivity contribution in [3.63, 3.8) is 0 Å². The summed E-state index contributed by atoms with van der Waals surface area (Å²) in [4.78, 5) is 13.0. The molecule has 6 nitrogen and oxygen atoms in total. The Morgan fingerprint density at radius 3 is 2.55 bits per heavy atom. The Morgan fingerprint density at radius 1 is 1.10 bits per heavy atom. The highest BCUT2D eigenvalue weighted by Crippen LogP contribution is 2.35. The van der Waals surface area contributed by atoms with Gasteiger partial charge in [-0.2, -0.15) is 0 Å². The molecule has 2 aromatic carbocycles. The molecular weight excluding hydrogens is 412 g/mol. The molecule has 29 heavy (non-hydrogen) atoms. The van der Waals surface area contributed by atoms with Gasteiger partial charge in [-0.3, -0.25) is 4.79 Å². The van der Waals surface area contributed by atoms with Crippen LogP contribution in [0.1, 0.15) is 19.4 Å². The topological polar surface area (TPSA) is 68.8 Å². The summed E-state index contributed by atoms with van der Waals surface area (Å²) in [6.07, 6.45) is 1.83. The molecule has 1 aliphatic heterocycles. The average molecular weight is 435 g/mol. The molecule has 0 saturated carbocycles. The Hall–Kier alpha value is -2.51. The number of hydrogen-bond acceptors (Lipinski definition) is 6. The number of carbonyl (C=O) groups is 1. The highest BCUT2D eigenvalue weighted by atomic mass is 35.5. The molecular formula is C21H23ClN2O4S. The number of carbonyl (C=O) groups excluding carboxylic acids is 1. The second-order valence-corrected chi connectivity index (χ2v) is 7.62. The fourth-order valence-electron chi connectivity index (χ4n) is 2.81. The van der Waals surface area contributed by atoms with Crippen LogP contribution < -0.4 is 24.8 Å². The molecule has 1 heterocycles. The molecule has 2 N–H and O–H groups in total. The van der Waals surface area contributed by atoms with Crippen LogP contribution in [0.25, 0.3) is 6.08 Å². The summed E-state index contributed by atoms with van der Waals surface area (Å²) in [6.45, 7) is 4.93. The van der Waals surface area contributed by atoms with Crippen molar-refractivity contribution >= 4 is 41.0 Å². The van der Waals surface area contributed by atoms with E-state index in [4.69, 9.17) is 25.8 Å². The van der Waals surface area contributed by atoms with Crippen LogP contribution in [0, 0.1) is 0 Å². The Morgan fingerprint density at radius 2 is 1.83 bits per heavy atom. The third kappa shape index (κ3) is 5.31. The molecule has 154 valence electrons. The molecule has 0 bridgehead atoms. The van der Waals surface area contributed by atoms with E-state index in [2.05, 4.69) is 10.6 Å². The summed E-state index contributed by atoms with van der Waals surface area (Å²) in [5.74, 6) is 1.84. The number of hydrogen-bond donors (Lipinski definition) is 2. The number of nitrogens with one attached hydrogen (secondary N) is 2. The molecule has 8 heteroatoms. The number of thioether (sulfide) groups is 1. The maximum absolute atomic E-state index is 12.4. The van der Waals surface area contributed by atoms with Gasteiger partial charge < -0.3 is 24.8 Å². The number of ether oxygens (including phenoxy) is 3. The van der Waals surface area contributed by atoms with Crippen molar-refractivity contribution in [3.05, 3.63) is 51.9 Å². The number of rotatable bonds is 8. The van der Waals surface area contributed by atoms with Crippen LogP contribution in [-0.2, 0) is 4.79 Å². The minimum absolute atomic E-state index is 0.152. The summed E-state index contributed by atoms with van der Waals surface area (Å²) >= 11 is 7.46. The average Bonchev–Trinajstić information content (AvgIpc) is 3.03. The Labute approximate surface area is 179 Å². The molecule has 1 amide bonds. The quantitative estimate of drug-likeness (QED) is 0.584. The van der Waals surface area contributed by atoms with Crippen molar-refractivity contribution in [3.8, 4) is 17.2 Å². The molecule has 1 unspecified atom stereocenters. The Kier molecular flexibility index (Phi) is 7.17. The monoisotopic (exact) mass is 434 g/mol. The first-order chi connectivity index (χ1) is 14.0. The first-order valence-corrected chi connectivity index (χ1v) is 10.5. The lowest BCUT2D eigenvalue weighted by atomic mass is 10.2. The molecule has 3 rings (SSSR count). The fraction of sp³-hybridized carbons (Fsp3) is 0.286. The van der Waals surface area contributed by atoms with Crippen LogP contribution in [0.15, 0.2) is 41.3 Å². The summed E-state index contributed by atoms with van der Waals surface area (Å²) in [5, 5.41) is 6.73. The van der Waals surface area contributed by atoms with E-state index < -0.39 is 0 Å². The third-order valence-corrected chi connectivity index (χ3v) is 5.31. The Balaban J connectivity index is 1.77. The van der Waals surface area contributed by atoms with Crippen molar-refractivity contribution in [1.82, 2.24) is 5.32 Å². The first-order valence-electron chi connectivity index (χ1n) is 9.23. The van der Waals surface area contributed by atoms with E-state index in [0.717, 1.165) is 5.56 Å². The van der Waals surface area contributed by atoms with Gasteiger partial charge in [-0.1, -0.05) is 29.4 Å². The minimum atomic E-state index is -0.338. The van der Waals surface area contributed by atoms with Crippen LogP contribution in [0.3, 0.4) is 0 Å². The van der Waals surface area contributed by atoms with Gasteiger partial charge in [0.15, 0.2) is 17.0 Å². The van der Waals surface area contributed by atoms with Crippen molar-refractivity contribution in [2.75, 3.05) is 25.6 Å². The molecule has 1 aliphatic rings. The highest BCUT2D eigenvalue weighted by molar-refractivity contribution is 8.05. The third-order valence-electron chi connectivity index (χ3n) is 4.04. The number of benzene rings is 2. The zero-order valence-corrected chi connectivity index (χ0v) is 18.0. The predicted octanol–water partition coefficient (Wildman–Crippen LogP) is 4.75. The fourth-order valence-corrected chi connectivity index (χ4v) is 3.96. The number of halogens is 1. The van der Waals surface area contributed by atoms with Gasteiger partial charge in [0.05, 0.1) is 30.9 Å². The zero-order valence-electron chi connectivity index (χ0n) is 16.5. The van der Waals surface area contributed by atoms with Crippen molar-refractivity contribution in [1.29, 1.82) is 0 Å². The summed E-state index contributed by atoms with van der Waals surface area (Å²) in [5.41, 5.74) is 1.23. The van der Waals surface area contributed by atoms with Crippen LogP contribution in [0.5, 0.6) is 17.2 Å². The van der Waals surface area contributed by atoms with Crippen LogP contribution in [0.2, 0.25) is 5.02 Å². The lowest BCUT2D eigenvalue weighted by Crippen LogP contribution is -2.31. The van der Waals surface area contributed by atoms with E-state index in [9.17, 15) is 4.79 Å². The maximum Gasteiger partial charge on any atom is 0.260 e. The molecule has 1 saturated heterocycles. The van der Waals surface area contributed by atoms with Gasteiger partial charge in [0, 0.05) is 5.02 Å². The molecule has 0 aliphatic carbocycles. The van der Waals surface area contributed by atoms with Gasteiger partial charge in [-0.25, -0.2) is 0 Å². The molecule has 1 atom stereocenters. The van der Waals surface area contributed by atoms with Crippen molar-refractivity contribution in [2.45, 2.75) is 19.3 Å². The highest BCUT2D eigenvalue weighted by Gasteiger charge is 2.28. The van der Waals surface area contributed by atoms with E-state index in [1.807, 2.05) is 38.1 Å². The van der Waals surface area contributed by atoms with E-state index >= 15 is 0 Å². The van der Waals surface area contributed by atoms with E-state index in [0.29, 0.717) is 46.1 Å². The van der Waals surface area contributed by atoms with Gasteiger partial charge in [-0.05, 0) is 55.8 Å². The molecule has 1 fully saturated rings. The van der Waals surface area contributed by atoms with Gasteiger partial charge >= 0.3 is 0 Å². The number of amides is 1. The van der Waals surface area contributed by atoms with Crippen LogP contribution >= 0.6 is 23.4 Å². The number of anilines is 1. The maximum atomic E-state index is 12.4. The zero-order chi connectivity index (χ0) is 20.8. The lowest BCUT2D eigenvalue weighted by Gasteiger charge is -2.15. The van der Waals surface area contributed by atoms with Crippen molar-refractivity contribution in [2.24, 2.45) is 0 Å². The summed E-state index contributed by atoms with van der Waals surface area (Å²) in [6, 6.07) is 10.9. The molecule has 0 spiro atoms. The van der Waals surface area contributed by atoms with Crippen LogP contribution in [-0.4, -0.2) is 31.7 Å². The van der Waals surface area contributed by atoms with Crippen LogP contribution in [0.4, 0.5) is 5.69 Å². The number of methoxy groups -OCH3 is 1. The standard InChI is InChI=1S/C21H23ClN2O4S/c1-4-27-17-8-6-13(10-18(17)28-5-2)11-19-20(25)24-21(29-19)23-15-12-14(22)7-9-16(15)26-3/h6-12,21,23H,4-5H2,1-3H3,(H,24,25)/b19-11-. The second kappa shape index (κ2) is 9.80. The summed E-state index contributed by atoms with van der Waals surface area (Å²) in [7, 11) is 1.59. The normalized spacial score (nSPS) is 17.2. The molecule has 0 aromatic heterocycles. The van der Waals surface area contributed by atoms with Gasteiger partial charge in [-0.15, -0.1) is 0 Å². The predicted molar refractivity (Wildman–Crippen MR) is 118 cm³/mol. The SMILES string of the molecule is CCOc1ccc(/C=C2\SC(Nc3cc(Cl)ccc3OC)NC2=O)cc1OCC. The van der Waals surface area contributed by atoms with Gasteiger partial charge in [0.25, 0.3) is 5.91 Å². The summed E-state index contributed by atoms with van der Waals surface area (Å²) < 4.78 is 16.6. The van der Waals surface area contributed by atoms with Crippen molar-refractivity contribution < 1.29 is 19.0 Å². The minimum Gasteiger partial charge on any atom is -0.495 e. The Bertz CT molecular complexity index is 920. The van der Waals surface area contributed by atoms with E-state index in [1.165, 1.54) is 11.8 Å².